The van der Waals surface area contributed by atoms with Crippen molar-refractivity contribution in [2.45, 2.75) is 70.0 Å². The first kappa shape index (κ1) is 14.8. The summed E-state index contributed by atoms with van der Waals surface area (Å²) in [7, 11) is 2.10. The molecule has 1 atom stereocenters. The molecule has 0 bridgehead atoms. The van der Waals surface area contributed by atoms with Crippen LogP contribution in [0.1, 0.15) is 51.9 Å². The van der Waals surface area contributed by atoms with E-state index in [2.05, 4.69) is 22.6 Å². The van der Waals surface area contributed by atoms with Crippen molar-refractivity contribution < 1.29 is 4.79 Å². The van der Waals surface area contributed by atoms with Crippen LogP contribution >= 0.6 is 0 Å². The van der Waals surface area contributed by atoms with Gasteiger partial charge in [0.15, 0.2) is 0 Å². The van der Waals surface area contributed by atoms with Gasteiger partial charge in [0, 0.05) is 12.1 Å². The lowest BCUT2D eigenvalue weighted by Gasteiger charge is -2.36. The van der Waals surface area contributed by atoms with Crippen molar-refractivity contribution in [3.05, 3.63) is 0 Å². The number of nitrogens with zero attached hydrogens (tertiary/aromatic N) is 1. The average Bonchev–Trinajstić information content (AvgIpc) is 2.47. The third kappa shape index (κ3) is 4.18. The summed E-state index contributed by atoms with van der Waals surface area (Å²) in [6.07, 6.45) is 8.49. The fraction of sp³-hybridized carbons (Fsp3) is 0.933. The lowest BCUT2D eigenvalue weighted by molar-refractivity contribution is -0.127. The first-order valence-electron chi connectivity index (χ1n) is 7.91. The maximum absolute atomic E-state index is 12.3. The van der Waals surface area contributed by atoms with Crippen LogP contribution in [0.25, 0.3) is 0 Å². The number of hydrogen-bond donors (Lipinski definition) is 2. The van der Waals surface area contributed by atoms with Gasteiger partial charge in [-0.05, 0) is 52.7 Å². The third-order valence-electron chi connectivity index (χ3n) is 4.83. The van der Waals surface area contributed by atoms with Crippen LogP contribution in [0.2, 0.25) is 0 Å². The molecule has 1 aliphatic carbocycles. The monoisotopic (exact) mass is 267 g/mol. The smallest absolute Gasteiger partial charge is 0.237 e. The standard InChI is InChI=1S/C15H29N3O/c1-12(18(2)14-8-10-16-11-9-14)15(19)17-13-6-4-3-5-7-13/h12-14,16H,3-11H2,1-2H3,(H,17,19). The molecule has 1 unspecified atom stereocenters. The summed E-state index contributed by atoms with van der Waals surface area (Å²) in [4.78, 5) is 14.6. The Labute approximate surface area is 117 Å². The molecule has 1 saturated heterocycles. The van der Waals surface area contributed by atoms with Gasteiger partial charge in [0.1, 0.15) is 0 Å². The first-order chi connectivity index (χ1) is 9.18. The summed E-state index contributed by atoms with van der Waals surface area (Å²) in [6, 6.07) is 0.962. The molecule has 0 radical (unpaired) electrons. The van der Waals surface area contributed by atoms with Gasteiger partial charge in [0.05, 0.1) is 6.04 Å². The van der Waals surface area contributed by atoms with Crippen LogP contribution in [0.3, 0.4) is 0 Å². The van der Waals surface area contributed by atoms with Crippen LogP contribution < -0.4 is 10.6 Å². The summed E-state index contributed by atoms with van der Waals surface area (Å²) in [6.45, 7) is 4.19. The minimum atomic E-state index is -0.00923. The zero-order chi connectivity index (χ0) is 13.7. The Bertz CT molecular complexity index is 283. The predicted molar refractivity (Wildman–Crippen MR) is 78.1 cm³/mol. The first-order valence-corrected chi connectivity index (χ1v) is 7.91. The lowest BCUT2D eigenvalue weighted by atomic mass is 9.95. The normalized spacial score (nSPS) is 24.4. The number of piperidine rings is 1. The molecular weight excluding hydrogens is 238 g/mol. The molecule has 1 amide bonds. The summed E-state index contributed by atoms with van der Waals surface area (Å²) >= 11 is 0. The molecule has 4 heteroatoms. The molecule has 2 aliphatic rings. The summed E-state index contributed by atoms with van der Waals surface area (Å²) in [5.74, 6) is 0.216. The van der Waals surface area contributed by atoms with Crippen LogP contribution in [0.5, 0.6) is 0 Å². The number of rotatable bonds is 4. The van der Waals surface area contributed by atoms with E-state index in [1.54, 1.807) is 0 Å². The molecule has 2 rings (SSSR count). The second-order valence-corrected chi connectivity index (χ2v) is 6.17. The quantitative estimate of drug-likeness (QED) is 0.811. The fourth-order valence-electron chi connectivity index (χ4n) is 3.28. The lowest BCUT2D eigenvalue weighted by Crippen LogP contribution is -2.52. The Balaban J connectivity index is 1.79. The molecule has 19 heavy (non-hydrogen) atoms. The van der Waals surface area contributed by atoms with Gasteiger partial charge in [0.25, 0.3) is 0 Å². The van der Waals surface area contributed by atoms with E-state index < -0.39 is 0 Å². The van der Waals surface area contributed by atoms with Crippen molar-refractivity contribution in [2.75, 3.05) is 20.1 Å². The molecule has 1 heterocycles. The van der Waals surface area contributed by atoms with Crippen LogP contribution in [0.4, 0.5) is 0 Å². The summed E-state index contributed by atoms with van der Waals surface area (Å²) in [5.41, 5.74) is 0. The highest BCUT2D eigenvalue weighted by molar-refractivity contribution is 5.81. The zero-order valence-electron chi connectivity index (χ0n) is 12.5. The van der Waals surface area contributed by atoms with E-state index in [9.17, 15) is 4.79 Å². The molecule has 2 N–H and O–H groups in total. The molecule has 1 saturated carbocycles. The van der Waals surface area contributed by atoms with Gasteiger partial charge in [-0.15, -0.1) is 0 Å². The number of carbonyl (C=O) groups excluding carboxylic acids is 1. The predicted octanol–water partition coefficient (Wildman–Crippen LogP) is 1.51. The van der Waals surface area contributed by atoms with E-state index in [-0.39, 0.29) is 11.9 Å². The highest BCUT2D eigenvalue weighted by Crippen LogP contribution is 2.18. The molecule has 2 fully saturated rings. The van der Waals surface area contributed by atoms with Gasteiger partial charge in [0.2, 0.25) is 5.91 Å². The van der Waals surface area contributed by atoms with E-state index in [4.69, 9.17) is 0 Å². The van der Waals surface area contributed by atoms with Gasteiger partial charge >= 0.3 is 0 Å². The number of nitrogens with one attached hydrogen (secondary N) is 2. The average molecular weight is 267 g/mol. The maximum atomic E-state index is 12.3. The van der Waals surface area contributed by atoms with Crippen molar-refractivity contribution in [1.82, 2.24) is 15.5 Å². The third-order valence-corrected chi connectivity index (χ3v) is 4.83. The number of carbonyl (C=O) groups is 1. The van der Waals surface area contributed by atoms with E-state index in [1.165, 1.54) is 19.3 Å². The topological polar surface area (TPSA) is 44.4 Å². The molecule has 1 aliphatic heterocycles. The van der Waals surface area contributed by atoms with Gasteiger partial charge in [-0.3, -0.25) is 9.69 Å². The van der Waals surface area contributed by atoms with Crippen molar-refractivity contribution in [2.24, 2.45) is 0 Å². The van der Waals surface area contributed by atoms with E-state index in [0.29, 0.717) is 12.1 Å². The minimum absolute atomic E-state index is 0.00923. The molecule has 4 nitrogen and oxygen atoms in total. The van der Waals surface area contributed by atoms with E-state index in [1.807, 2.05) is 6.92 Å². The molecule has 0 aromatic rings. The Morgan fingerprint density at radius 3 is 2.42 bits per heavy atom. The van der Waals surface area contributed by atoms with Crippen LogP contribution in [0.15, 0.2) is 0 Å². The zero-order valence-corrected chi connectivity index (χ0v) is 12.5. The Hall–Kier alpha value is -0.610. The molecule has 0 aromatic carbocycles. The van der Waals surface area contributed by atoms with Gasteiger partial charge in [-0.1, -0.05) is 19.3 Å². The summed E-state index contributed by atoms with van der Waals surface area (Å²) in [5, 5.41) is 6.62. The largest absolute Gasteiger partial charge is 0.352 e. The second-order valence-electron chi connectivity index (χ2n) is 6.17. The Morgan fingerprint density at radius 1 is 1.16 bits per heavy atom. The number of likely N-dealkylation sites (N-methyl/N-ethyl adjacent to an activating group) is 1. The van der Waals surface area contributed by atoms with E-state index >= 15 is 0 Å². The number of hydrogen-bond acceptors (Lipinski definition) is 3. The highest BCUT2D eigenvalue weighted by Gasteiger charge is 2.27. The van der Waals surface area contributed by atoms with Crippen molar-refractivity contribution >= 4 is 5.91 Å². The van der Waals surface area contributed by atoms with Crippen LogP contribution in [0, 0.1) is 0 Å². The minimum Gasteiger partial charge on any atom is -0.352 e. The molecular formula is C15H29N3O. The highest BCUT2D eigenvalue weighted by atomic mass is 16.2. The number of amides is 1. The Morgan fingerprint density at radius 2 is 1.79 bits per heavy atom. The SMILES string of the molecule is CC(C(=O)NC1CCCCC1)N(C)C1CCNCC1. The maximum Gasteiger partial charge on any atom is 0.237 e. The van der Waals surface area contributed by atoms with Crippen molar-refractivity contribution in [1.29, 1.82) is 0 Å². The van der Waals surface area contributed by atoms with Crippen molar-refractivity contribution in [3.63, 3.8) is 0 Å². The molecule has 110 valence electrons. The van der Waals surface area contributed by atoms with E-state index in [0.717, 1.165) is 38.8 Å². The second kappa shape index (κ2) is 7.25. The van der Waals surface area contributed by atoms with Gasteiger partial charge in [-0.25, -0.2) is 0 Å². The van der Waals surface area contributed by atoms with Crippen LogP contribution in [-0.4, -0.2) is 49.1 Å². The van der Waals surface area contributed by atoms with Gasteiger partial charge < -0.3 is 10.6 Å². The van der Waals surface area contributed by atoms with Crippen molar-refractivity contribution in [3.8, 4) is 0 Å². The molecule has 0 aromatic heterocycles. The van der Waals surface area contributed by atoms with Gasteiger partial charge in [-0.2, -0.15) is 0 Å². The fourth-order valence-corrected chi connectivity index (χ4v) is 3.28. The summed E-state index contributed by atoms with van der Waals surface area (Å²) < 4.78 is 0. The molecule has 0 spiro atoms. The Kier molecular flexibility index (Phi) is 5.64. The van der Waals surface area contributed by atoms with Crippen LogP contribution in [-0.2, 0) is 4.79 Å².